The molecule has 0 fully saturated rings. The summed E-state index contributed by atoms with van der Waals surface area (Å²) in [5, 5.41) is 5.64. The van der Waals surface area contributed by atoms with Gasteiger partial charge in [0.1, 0.15) is 11.5 Å². The lowest BCUT2D eigenvalue weighted by Gasteiger charge is -2.19. The summed E-state index contributed by atoms with van der Waals surface area (Å²) in [6, 6.07) is 14.5. The highest BCUT2D eigenvalue weighted by Gasteiger charge is 2.13. The summed E-state index contributed by atoms with van der Waals surface area (Å²) in [5.41, 5.74) is 0.941. The van der Waals surface area contributed by atoms with Crippen LogP contribution in [0.15, 0.2) is 65.3 Å². The largest absolute Gasteiger partial charge is 0.484 e. The molecule has 2 N–H and O–H groups in total. The third-order valence-corrected chi connectivity index (χ3v) is 5.19. The maximum absolute atomic E-state index is 12.3. The molecule has 3 aromatic rings. The van der Waals surface area contributed by atoms with Gasteiger partial charge < -0.3 is 29.4 Å². The number of carbonyl (C=O) groups is 3. The van der Waals surface area contributed by atoms with E-state index < -0.39 is 11.8 Å². The Balaban J connectivity index is 1.49. The summed E-state index contributed by atoms with van der Waals surface area (Å²) >= 11 is 6.24. The summed E-state index contributed by atoms with van der Waals surface area (Å²) in [5.74, 6) is -0.0126. The number of benzene rings is 2. The van der Waals surface area contributed by atoms with Crippen molar-refractivity contribution in [1.82, 2.24) is 4.90 Å². The molecule has 0 atom stereocenters. The monoisotopic (exact) mass is 499 g/mol. The summed E-state index contributed by atoms with van der Waals surface area (Å²) in [6.07, 6.45) is 1.41. The molecule has 0 bridgehead atoms. The molecule has 0 saturated carbocycles. The average Bonchev–Trinajstić information content (AvgIpc) is 3.39. The van der Waals surface area contributed by atoms with Gasteiger partial charge in [0.05, 0.1) is 11.3 Å². The van der Waals surface area contributed by atoms with Crippen molar-refractivity contribution in [3.8, 4) is 11.5 Å². The lowest BCUT2D eigenvalue weighted by Crippen LogP contribution is -2.34. The Morgan fingerprint density at radius 2 is 1.69 bits per heavy atom. The molecule has 0 unspecified atom stereocenters. The first-order valence-electron chi connectivity index (χ1n) is 11.0. The maximum atomic E-state index is 12.3. The third kappa shape index (κ3) is 7.51. The zero-order valence-electron chi connectivity index (χ0n) is 19.4. The second-order valence-corrected chi connectivity index (χ2v) is 7.70. The molecule has 1 heterocycles. The fraction of sp³-hybridized carbons (Fsp3) is 0.240. The van der Waals surface area contributed by atoms with Gasteiger partial charge in [-0.2, -0.15) is 0 Å². The highest BCUT2D eigenvalue weighted by atomic mass is 35.5. The lowest BCUT2D eigenvalue weighted by molar-refractivity contribution is -0.133. The van der Waals surface area contributed by atoms with Crippen molar-refractivity contribution in [2.75, 3.05) is 36.9 Å². The minimum atomic E-state index is -0.406. The van der Waals surface area contributed by atoms with E-state index in [4.69, 9.17) is 25.5 Å². The van der Waals surface area contributed by atoms with Crippen molar-refractivity contribution in [1.29, 1.82) is 0 Å². The Morgan fingerprint density at radius 3 is 2.37 bits per heavy atom. The van der Waals surface area contributed by atoms with E-state index in [2.05, 4.69) is 10.6 Å². The average molecular weight is 500 g/mol. The minimum Gasteiger partial charge on any atom is -0.484 e. The van der Waals surface area contributed by atoms with Gasteiger partial charge in [-0.05, 0) is 56.3 Å². The van der Waals surface area contributed by atoms with Gasteiger partial charge in [0.2, 0.25) is 0 Å². The zero-order chi connectivity index (χ0) is 25.2. The SMILES string of the molecule is CCN(CC)C(=O)COc1ccc(NC(=O)COc2cccc(NC(=O)c3ccco3)c2)cc1Cl. The predicted octanol–water partition coefficient (Wildman–Crippen LogP) is 4.45. The van der Waals surface area contributed by atoms with Crippen LogP contribution >= 0.6 is 11.6 Å². The first kappa shape index (κ1) is 25.6. The molecule has 3 amide bonds. The molecule has 35 heavy (non-hydrogen) atoms. The fourth-order valence-corrected chi connectivity index (χ4v) is 3.35. The van der Waals surface area contributed by atoms with Crippen LogP contribution < -0.4 is 20.1 Å². The Bertz CT molecular complexity index is 1160. The van der Waals surface area contributed by atoms with Crippen molar-refractivity contribution in [3.05, 3.63) is 71.6 Å². The number of ether oxygens (including phenoxy) is 2. The van der Waals surface area contributed by atoms with E-state index in [-0.39, 0.29) is 29.9 Å². The van der Waals surface area contributed by atoms with Crippen LogP contribution in [0.5, 0.6) is 11.5 Å². The third-order valence-electron chi connectivity index (χ3n) is 4.89. The van der Waals surface area contributed by atoms with Crippen LogP contribution in [0.1, 0.15) is 24.4 Å². The number of likely N-dealkylation sites (N-methyl/N-ethyl adjacent to an activating group) is 1. The number of carbonyl (C=O) groups excluding carboxylic acids is 3. The maximum Gasteiger partial charge on any atom is 0.291 e. The van der Waals surface area contributed by atoms with Crippen LogP contribution in [0.2, 0.25) is 5.02 Å². The van der Waals surface area contributed by atoms with E-state index in [0.29, 0.717) is 36.0 Å². The lowest BCUT2D eigenvalue weighted by atomic mass is 10.3. The molecular formula is C25H26ClN3O6. The molecule has 2 aromatic carbocycles. The normalized spacial score (nSPS) is 10.4. The van der Waals surface area contributed by atoms with Gasteiger partial charge >= 0.3 is 0 Å². The molecular weight excluding hydrogens is 474 g/mol. The topological polar surface area (TPSA) is 110 Å². The van der Waals surface area contributed by atoms with E-state index in [9.17, 15) is 14.4 Å². The standard InChI is InChI=1S/C25H26ClN3O6/c1-3-29(4-2)24(31)16-35-21-11-10-18(14-20(21)26)27-23(30)15-34-19-8-5-7-17(13-19)28-25(32)22-9-6-12-33-22/h5-14H,3-4,15-16H2,1-2H3,(H,27,30)(H,28,32). The number of furan rings is 1. The van der Waals surface area contributed by atoms with Crippen molar-refractivity contribution >= 4 is 40.7 Å². The molecule has 0 aliphatic rings. The second kappa shape index (κ2) is 12.5. The quantitative estimate of drug-likeness (QED) is 0.403. The summed E-state index contributed by atoms with van der Waals surface area (Å²) < 4.78 is 16.1. The highest BCUT2D eigenvalue weighted by Crippen LogP contribution is 2.28. The van der Waals surface area contributed by atoms with Crippen LogP contribution in [0.4, 0.5) is 11.4 Å². The van der Waals surface area contributed by atoms with Gasteiger partial charge in [-0.25, -0.2) is 0 Å². The molecule has 3 rings (SSSR count). The van der Waals surface area contributed by atoms with Gasteiger partial charge in [-0.1, -0.05) is 17.7 Å². The van der Waals surface area contributed by atoms with Crippen LogP contribution in [0, 0.1) is 0 Å². The molecule has 10 heteroatoms. The smallest absolute Gasteiger partial charge is 0.291 e. The fourth-order valence-electron chi connectivity index (χ4n) is 3.11. The van der Waals surface area contributed by atoms with Gasteiger partial charge in [-0.3, -0.25) is 14.4 Å². The molecule has 184 valence electrons. The van der Waals surface area contributed by atoms with Crippen LogP contribution in [0.25, 0.3) is 0 Å². The van der Waals surface area contributed by atoms with Crippen molar-refractivity contribution < 1.29 is 28.3 Å². The van der Waals surface area contributed by atoms with Gasteiger partial charge in [0, 0.05) is 30.5 Å². The van der Waals surface area contributed by atoms with E-state index in [1.807, 2.05) is 13.8 Å². The van der Waals surface area contributed by atoms with Crippen LogP contribution in [-0.2, 0) is 9.59 Å². The number of rotatable bonds is 11. The predicted molar refractivity (Wildman–Crippen MR) is 132 cm³/mol. The molecule has 0 aliphatic carbocycles. The van der Waals surface area contributed by atoms with E-state index in [1.54, 1.807) is 53.4 Å². The van der Waals surface area contributed by atoms with E-state index >= 15 is 0 Å². The Kier molecular flexibility index (Phi) is 9.14. The molecule has 0 aliphatic heterocycles. The van der Waals surface area contributed by atoms with Gasteiger partial charge in [0.15, 0.2) is 19.0 Å². The molecule has 0 radical (unpaired) electrons. The number of hydrogen-bond acceptors (Lipinski definition) is 6. The van der Waals surface area contributed by atoms with E-state index in [1.165, 1.54) is 12.3 Å². The number of nitrogens with zero attached hydrogens (tertiary/aromatic N) is 1. The minimum absolute atomic E-state index is 0.123. The van der Waals surface area contributed by atoms with Crippen molar-refractivity contribution in [2.24, 2.45) is 0 Å². The van der Waals surface area contributed by atoms with Crippen LogP contribution in [0.3, 0.4) is 0 Å². The number of amides is 3. The number of nitrogens with one attached hydrogen (secondary N) is 2. The Labute approximate surface area is 207 Å². The Morgan fingerprint density at radius 1 is 0.914 bits per heavy atom. The number of halogens is 1. The Hall–Kier alpha value is -3.98. The summed E-state index contributed by atoms with van der Waals surface area (Å²) in [4.78, 5) is 38.1. The molecule has 0 spiro atoms. The highest BCUT2D eigenvalue weighted by molar-refractivity contribution is 6.32. The summed E-state index contributed by atoms with van der Waals surface area (Å²) in [7, 11) is 0. The number of anilines is 2. The van der Waals surface area contributed by atoms with Gasteiger partial charge in [0.25, 0.3) is 17.7 Å². The molecule has 9 nitrogen and oxygen atoms in total. The van der Waals surface area contributed by atoms with Crippen molar-refractivity contribution in [2.45, 2.75) is 13.8 Å². The summed E-state index contributed by atoms with van der Waals surface area (Å²) in [6.45, 7) is 4.61. The second-order valence-electron chi connectivity index (χ2n) is 7.30. The molecule has 0 saturated heterocycles. The number of hydrogen-bond donors (Lipinski definition) is 2. The van der Waals surface area contributed by atoms with Crippen molar-refractivity contribution in [3.63, 3.8) is 0 Å². The zero-order valence-corrected chi connectivity index (χ0v) is 20.1. The first-order chi connectivity index (χ1) is 16.9. The molecule has 1 aromatic heterocycles. The van der Waals surface area contributed by atoms with E-state index in [0.717, 1.165) is 0 Å². The van der Waals surface area contributed by atoms with Gasteiger partial charge in [-0.15, -0.1) is 0 Å². The van der Waals surface area contributed by atoms with Crippen LogP contribution in [-0.4, -0.2) is 48.9 Å². The first-order valence-corrected chi connectivity index (χ1v) is 11.3.